The van der Waals surface area contributed by atoms with Crippen LogP contribution < -0.4 is 14.6 Å². The van der Waals surface area contributed by atoms with E-state index in [2.05, 4.69) is 10.3 Å². The van der Waals surface area contributed by atoms with Crippen LogP contribution in [0.1, 0.15) is 54.8 Å². The number of carbonyl (C=O) groups excluding carboxylic acids is 1. The third-order valence-corrected chi connectivity index (χ3v) is 6.57. The van der Waals surface area contributed by atoms with Crippen LogP contribution in [0.5, 0.6) is 0 Å². The number of amides is 1. The number of likely N-dealkylation sites (tertiary alicyclic amines) is 1. The quantitative estimate of drug-likeness (QED) is 0.643. The van der Waals surface area contributed by atoms with Gasteiger partial charge in [0.05, 0.1) is 32.1 Å². The molecule has 2 saturated carbocycles. The van der Waals surface area contributed by atoms with Crippen molar-refractivity contribution in [1.82, 2.24) is 10.3 Å². The summed E-state index contributed by atoms with van der Waals surface area (Å²) >= 11 is 0. The Hall–Kier alpha value is -2.02. The van der Waals surface area contributed by atoms with Gasteiger partial charge in [0.1, 0.15) is 0 Å². The fraction of sp³-hybridized carbons (Fsp3) is 0.619. The number of hydrogen-bond donors (Lipinski definition) is 3. The number of nitrogens with one attached hydrogen (secondary N) is 3. The van der Waals surface area contributed by atoms with Gasteiger partial charge in [-0.2, -0.15) is 4.40 Å². The Morgan fingerprint density at radius 1 is 1.21 bits per heavy atom. The second kappa shape index (κ2) is 6.79. The molecule has 0 atom stereocenters. The Balaban J connectivity index is 1.36. The number of pyridine rings is 1. The average molecular weight is 390 g/mol. The van der Waals surface area contributed by atoms with E-state index in [0.29, 0.717) is 43.2 Å². The molecule has 0 bridgehead atoms. The number of piperidine rings is 1. The molecule has 5 rings (SSSR count). The number of quaternary nitrogens is 1. The van der Waals surface area contributed by atoms with Gasteiger partial charge in [0.25, 0.3) is 11.8 Å². The van der Waals surface area contributed by atoms with Crippen molar-refractivity contribution in [3.8, 4) is 0 Å². The molecule has 3 aliphatic rings. The number of alkyl halides is 2. The molecule has 2 aromatic rings. The Bertz CT molecular complexity index is 866. The second-order valence-corrected chi connectivity index (χ2v) is 8.86. The summed E-state index contributed by atoms with van der Waals surface area (Å²) in [6.45, 7) is 1.52. The summed E-state index contributed by atoms with van der Waals surface area (Å²) in [5.74, 6) is -0.386. The molecular formula is C21H28F2N4O+2. The van der Waals surface area contributed by atoms with Crippen molar-refractivity contribution in [2.45, 2.75) is 57.0 Å². The Morgan fingerprint density at radius 3 is 2.54 bits per heavy atom. The molecule has 0 spiro atoms. The van der Waals surface area contributed by atoms with Crippen LogP contribution in [0.25, 0.3) is 5.52 Å². The second-order valence-electron chi connectivity index (χ2n) is 8.86. The molecular weight excluding hydrogens is 362 g/mol. The van der Waals surface area contributed by atoms with Crippen molar-refractivity contribution in [1.29, 1.82) is 0 Å². The summed E-state index contributed by atoms with van der Waals surface area (Å²) in [5, 5.41) is 3.29. The maximum absolute atomic E-state index is 13.5. The van der Waals surface area contributed by atoms with Crippen LogP contribution in [0.15, 0.2) is 24.4 Å². The number of hydrogen-bond acceptors (Lipinski definition) is 1. The molecule has 0 unspecified atom stereocenters. The summed E-state index contributed by atoms with van der Waals surface area (Å²) in [7, 11) is 0. The summed E-state index contributed by atoms with van der Waals surface area (Å²) in [4.78, 5) is 17.5. The fourth-order valence-corrected chi connectivity index (χ4v) is 4.59. The first kappa shape index (κ1) is 18.0. The predicted molar refractivity (Wildman–Crippen MR) is 99.2 cm³/mol. The first-order chi connectivity index (χ1) is 13.5. The van der Waals surface area contributed by atoms with Gasteiger partial charge < -0.3 is 10.2 Å². The predicted octanol–water partition coefficient (Wildman–Crippen LogP) is 1.49. The van der Waals surface area contributed by atoms with E-state index in [4.69, 9.17) is 0 Å². The topological polar surface area (TPSA) is 53.4 Å². The third-order valence-electron chi connectivity index (χ3n) is 6.57. The molecule has 5 nitrogen and oxygen atoms in total. The smallest absolute Gasteiger partial charge is 0.316 e. The highest BCUT2D eigenvalue weighted by Gasteiger charge is 2.43. The van der Waals surface area contributed by atoms with Gasteiger partial charge in [0.2, 0.25) is 5.69 Å². The fourth-order valence-electron chi connectivity index (χ4n) is 4.59. The zero-order valence-corrected chi connectivity index (χ0v) is 16.0. The number of halogens is 2. The minimum atomic E-state index is -2.53. The van der Waals surface area contributed by atoms with Crippen molar-refractivity contribution in [2.24, 2.45) is 11.8 Å². The van der Waals surface area contributed by atoms with Gasteiger partial charge in [0, 0.05) is 6.04 Å². The molecule has 2 aromatic heterocycles. The van der Waals surface area contributed by atoms with Gasteiger partial charge in [-0.1, -0.05) is 6.07 Å². The van der Waals surface area contributed by atoms with Crippen molar-refractivity contribution >= 4 is 11.4 Å². The standard InChI is InChI=1S/C21H26F2N4O/c22-21(23)8-11-26(12-9-21)13-17-24-19(16-3-1-2-10-27(16)17)20(28)25-18(14-4-5-14)15-6-7-15/h1-3,10,14-15,18H,4-9,11-13H2,(H,25,28)/p+2. The number of H-pyrrole nitrogens is 1. The zero-order chi connectivity index (χ0) is 19.3. The van der Waals surface area contributed by atoms with Crippen molar-refractivity contribution in [3.05, 3.63) is 35.9 Å². The third kappa shape index (κ3) is 3.64. The van der Waals surface area contributed by atoms with Crippen LogP contribution in [0.4, 0.5) is 8.78 Å². The molecule has 1 amide bonds. The van der Waals surface area contributed by atoms with Crippen molar-refractivity contribution in [2.75, 3.05) is 13.1 Å². The van der Waals surface area contributed by atoms with Gasteiger partial charge >= 0.3 is 5.82 Å². The van der Waals surface area contributed by atoms with E-state index < -0.39 is 5.92 Å². The number of rotatable bonds is 6. The SMILES string of the molecule is O=C(NC(C1CC1)C1CC1)c1[nH]c(C[NH+]2CCC(F)(F)CC2)[n+]2ccccc12. The monoisotopic (exact) mass is 390 g/mol. The highest BCUT2D eigenvalue weighted by Crippen LogP contribution is 2.44. The summed E-state index contributed by atoms with van der Waals surface area (Å²) in [6.07, 6.45) is 6.68. The normalized spacial score (nSPS) is 22.7. The van der Waals surface area contributed by atoms with E-state index >= 15 is 0 Å². The number of aromatic amines is 1. The van der Waals surface area contributed by atoms with Crippen LogP contribution in [-0.2, 0) is 6.54 Å². The summed E-state index contributed by atoms with van der Waals surface area (Å²) in [6, 6.07) is 6.11. The molecule has 3 N–H and O–H groups in total. The highest BCUT2D eigenvalue weighted by atomic mass is 19.3. The molecule has 3 heterocycles. The molecule has 7 heteroatoms. The number of carbonyl (C=O) groups is 1. The van der Waals surface area contributed by atoms with E-state index in [0.717, 1.165) is 16.2 Å². The van der Waals surface area contributed by atoms with Crippen LogP contribution in [0, 0.1) is 11.8 Å². The highest BCUT2D eigenvalue weighted by molar-refractivity contribution is 5.98. The van der Waals surface area contributed by atoms with Crippen LogP contribution in [-0.4, -0.2) is 35.9 Å². The minimum Gasteiger partial charge on any atom is -0.345 e. The largest absolute Gasteiger partial charge is 0.345 e. The first-order valence-electron chi connectivity index (χ1n) is 10.5. The summed E-state index contributed by atoms with van der Waals surface area (Å²) in [5.41, 5.74) is 1.44. The number of aromatic nitrogens is 2. The van der Waals surface area contributed by atoms with E-state index in [-0.39, 0.29) is 18.7 Å². The Labute approximate surface area is 163 Å². The van der Waals surface area contributed by atoms with E-state index in [1.807, 2.05) is 28.8 Å². The molecule has 0 radical (unpaired) electrons. The molecule has 3 fully saturated rings. The first-order valence-corrected chi connectivity index (χ1v) is 10.5. The number of imidazole rings is 1. The molecule has 28 heavy (non-hydrogen) atoms. The maximum Gasteiger partial charge on any atom is 0.316 e. The van der Waals surface area contributed by atoms with Gasteiger partial charge in [-0.25, -0.2) is 13.8 Å². The molecule has 0 aromatic carbocycles. The van der Waals surface area contributed by atoms with Gasteiger partial charge in [-0.15, -0.1) is 0 Å². The molecule has 1 saturated heterocycles. The summed E-state index contributed by atoms with van der Waals surface area (Å²) < 4.78 is 28.9. The lowest BCUT2D eigenvalue weighted by Gasteiger charge is -2.27. The lowest BCUT2D eigenvalue weighted by atomic mass is 10.1. The Morgan fingerprint density at radius 2 is 1.89 bits per heavy atom. The number of nitrogens with zero attached hydrogens (tertiary/aromatic N) is 1. The molecule has 150 valence electrons. The van der Waals surface area contributed by atoms with Gasteiger partial charge in [-0.3, -0.25) is 4.79 Å². The van der Waals surface area contributed by atoms with Crippen molar-refractivity contribution in [3.63, 3.8) is 0 Å². The van der Waals surface area contributed by atoms with Crippen LogP contribution in [0.2, 0.25) is 0 Å². The van der Waals surface area contributed by atoms with E-state index in [9.17, 15) is 13.6 Å². The minimum absolute atomic E-state index is 0.0427. The van der Waals surface area contributed by atoms with E-state index in [1.165, 1.54) is 25.7 Å². The number of fused-ring (bicyclic) bond motifs is 1. The van der Waals surface area contributed by atoms with E-state index in [1.54, 1.807) is 0 Å². The average Bonchev–Trinajstić information content (AvgIpc) is 3.59. The zero-order valence-electron chi connectivity index (χ0n) is 16.0. The van der Waals surface area contributed by atoms with Crippen molar-refractivity contribution < 1.29 is 22.9 Å². The Kier molecular flexibility index (Phi) is 4.38. The molecule has 1 aliphatic heterocycles. The van der Waals surface area contributed by atoms with Crippen LogP contribution >= 0.6 is 0 Å². The lowest BCUT2D eigenvalue weighted by Crippen LogP contribution is -3.12. The lowest BCUT2D eigenvalue weighted by molar-refractivity contribution is -0.927. The maximum atomic E-state index is 13.5. The molecule has 2 aliphatic carbocycles. The van der Waals surface area contributed by atoms with Crippen LogP contribution in [0.3, 0.4) is 0 Å². The van der Waals surface area contributed by atoms with Gasteiger partial charge in [-0.05, 0) is 49.7 Å². The van der Waals surface area contributed by atoms with Gasteiger partial charge in [0.15, 0.2) is 12.1 Å².